The fourth-order valence-corrected chi connectivity index (χ4v) is 1.86. The van der Waals surface area contributed by atoms with Crippen LogP contribution in [0.3, 0.4) is 0 Å². The zero-order valence-corrected chi connectivity index (χ0v) is 13.0. The molecule has 2 aromatic rings. The number of alkyl halides is 3. The Morgan fingerprint density at radius 1 is 1.12 bits per heavy atom. The first-order valence-corrected chi connectivity index (χ1v) is 7.44. The molecule has 8 heteroatoms. The first kappa shape index (κ1) is 17.7. The topological polar surface area (TPSA) is 66.9 Å². The maximum absolute atomic E-state index is 12.5. The summed E-state index contributed by atoms with van der Waals surface area (Å²) >= 11 is 0. The van der Waals surface area contributed by atoms with E-state index in [1.54, 1.807) is 0 Å². The smallest absolute Gasteiger partial charge is 0.352 e. The van der Waals surface area contributed by atoms with E-state index in [0.29, 0.717) is 17.8 Å². The van der Waals surface area contributed by atoms with Crippen molar-refractivity contribution in [3.05, 3.63) is 47.8 Å². The van der Waals surface area contributed by atoms with E-state index in [0.717, 1.165) is 25.0 Å². The molecule has 0 aliphatic carbocycles. The van der Waals surface area contributed by atoms with Crippen LogP contribution in [0.1, 0.15) is 35.7 Å². The molecule has 0 aliphatic rings. The van der Waals surface area contributed by atoms with Crippen LogP contribution in [0, 0.1) is 0 Å². The summed E-state index contributed by atoms with van der Waals surface area (Å²) in [5.41, 5.74) is 0.0142. The molecule has 2 rings (SSSR count). The van der Waals surface area contributed by atoms with Gasteiger partial charge in [-0.1, -0.05) is 13.3 Å². The number of anilines is 2. The molecule has 0 bridgehead atoms. The highest BCUT2D eigenvalue weighted by molar-refractivity contribution is 5.93. The van der Waals surface area contributed by atoms with Crippen molar-refractivity contribution in [1.29, 1.82) is 0 Å². The predicted octanol–water partition coefficient (Wildman–Crippen LogP) is 3.77. The van der Waals surface area contributed by atoms with Gasteiger partial charge in [-0.05, 0) is 30.7 Å². The van der Waals surface area contributed by atoms with E-state index >= 15 is 0 Å². The standard InChI is InChI=1S/C16H17F3N4O/c1-2-3-8-20-14(24)11-9-21-15(22-10-11)23-13-6-4-12(5-7-13)16(17,18)19/h4-7,9-10H,2-3,8H2,1H3,(H,20,24)(H,21,22,23). The molecule has 1 amide bonds. The van der Waals surface area contributed by atoms with Crippen molar-refractivity contribution in [2.45, 2.75) is 25.9 Å². The van der Waals surface area contributed by atoms with Gasteiger partial charge >= 0.3 is 6.18 Å². The first-order chi connectivity index (χ1) is 11.4. The number of carbonyl (C=O) groups is 1. The summed E-state index contributed by atoms with van der Waals surface area (Å²) in [6.07, 6.45) is 0.218. The number of hydrogen-bond acceptors (Lipinski definition) is 4. The third kappa shape index (κ3) is 4.94. The highest BCUT2D eigenvalue weighted by Gasteiger charge is 2.29. The average molecular weight is 338 g/mol. The fourth-order valence-electron chi connectivity index (χ4n) is 1.86. The lowest BCUT2D eigenvalue weighted by Crippen LogP contribution is -2.24. The minimum atomic E-state index is -4.37. The number of nitrogens with zero attached hydrogens (tertiary/aromatic N) is 2. The molecule has 0 fully saturated rings. The molecule has 0 radical (unpaired) electrons. The lowest BCUT2D eigenvalue weighted by atomic mass is 10.2. The summed E-state index contributed by atoms with van der Waals surface area (Å²) in [4.78, 5) is 19.8. The predicted molar refractivity (Wildman–Crippen MR) is 84.0 cm³/mol. The van der Waals surface area contributed by atoms with Crippen molar-refractivity contribution in [2.75, 3.05) is 11.9 Å². The Morgan fingerprint density at radius 2 is 1.75 bits per heavy atom. The van der Waals surface area contributed by atoms with Gasteiger partial charge in [0.1, 0.15) is 0 Å². The summed E-state index contributed by atoms with van der Waals surface area (Å²) in [5, 5.41) is 5.52. The van der Waals surface area contributed by atoms with Gasteiger partial charge in [-0.2, -0.15) is 13.2 Å². The first-order valence-electron chi connectivity index (χ1n) is 7.44. The van der Waals surface area contributed by atoms with E-state index in [2.05, 4.69) is 20.6 Å². The summed E-state index contributed by atoms with van der Waals surface area (Å²) in [5.74, 6) is -0.0654. The number of unbranched alkanes of at least 4 members (excludes halogenated alkanes) is 1. The van der Waals surface area contributed by atoms with Gasteiger partial charge in [0.15, 0.2) is 0 Å². The molecule has 1 aromatic heterocycles. The van der Waals surface area contributed by atoms with Gasteiger partial charge in [0.2, 0.25) is 5.95 Å². The van der Waals surface area contributed by atoms with Crippen molar-refractivity contribution in [3.8, 4) is 0 Å². The van der Waals surface area contributed by atoms with Crippen molar-refractivity contribution >= 4 is 17.5 Å². The summed E-state index contributed by atoms with van der Waals surface area (Å²) in [6.45, 7) is 2.61. The van der Waals surface area contributed by atoms with Gasteiger partial charge in [0, 0.05) is 24.6 Å². The van der Waals surface area contributed by atoms with Crippen molar-refractivity contribution < 1.29 is 18.0 Å². The van der Waals surface area contributed by atoms with Crippen LogP contribution in [0.25, 0.3) is 0 Å². The Labute approximate surface area is 137 Å². The van der Waals surface area contributed by atoms with Gasteiger partial charge in [-0.15, -0.1) is 0 Å². The van der Waals surface area contributed by atoms with E-state index in [-0.39, 0.29) is 11.9 Å². The monoisotopic (exact) mass is 338 g/mol. The third-order valence-corrected chi connectivity index (χ3v) is 3.20. The minimum Gasteiger partial charge on any atom is -0.352 e. The second-order valence-electron chi connectivity index (χ2n) is 5.10. The Bertz CT molecular complexity index is 669. The van der Waals surface area contributed by atoms with Gasteiger partial charge in [0.05, 0.1) is 11.1 Å². The van der Waals surface area contributed by atoms with Gasteiger partial charge < -0.3 is 10.6 Å². The molecule has 1 aromatic carbocycles. The van der Waals surface area contributed by atoms with Crippen LogP contribution >= 0.6 is 0 Å². The molecule has 128 valence electrons. The maximum Gasteiger partial charge on any atom is 0.416 e. The van der Waals surface area contributed by atoms with Crippen LogP contribution in [0.4, 0.5) is 24.8 Å². The summed E-state index contributed by atoms with van der Waals surface area (Å²) in [6, 6.07) is 4.52. The van der Waals surface area contributed by atoms with Crippen LogP contribution in [0.15, 0.2) is 36.7 Å². The van der Waals surface area contributed by atoms with Gasteiger partial charge in [0.25, 0.3) is 5.91 Å². The molecule has 0 saturated carbocycles. The number of nitrogens with one attached hydrogen (secondary N) is 2. The fraction of sp³-hybridized carbons (Fsp3) is 0.312. The zero-order chi connectivity index (χ0) is 17.6. The van der Waals surface area contributed by atoms with Crippen molar-refractivity contribution in [3.63, 3.8) is 0 Å². The number of amides is 1. The Morgan fingerprint density at radius 3 is 2.29 bits per heavy atom. The molecular formula is C16H17F3N4O. The molecule has 1 heterocycles. The molecule has 0 saturated heterocycles. The highest BCUT2D eigenvalue weighted by Crippen LogP contribution is 2.30. The second-order valence-corrected chi connectivity index (χ2v) is 5.10. The average Bonchev–Trinajstić information content (AvgIpc) is 2.55. The van der Waals surface area contributed by atoms with E-state index < -0.39 is 11.7 Å². The van der Waals surface area contributed by atoms with E-state index in [4.69, 9.17) is 0 Å². The van der Waals surface area contributed by atoms with Crippen LogP contribution in [0.5, 0.6) is 0 Å². The number of hydrogen-bond donors (Lipinski definition) is 2. The largest absolute Gasteiger partial charge is 0.416 e. The molecule has 2 N–H and O–H groups in total. The molecule has 0 aliphatic heterocycles. The van der Waals surface area contributed by atoms with Crippen molar-refractivity contribution in [2.24, 2.45) is 0 Å². The number of rotatable bonds is 6. The quantitative estimate of drug-likeness (QED) is 0.787. The van der Waals surface area contributed by atoms with Gasteiger partial charge in [-0.3, -0.25) is 4.79 Å². The number of carbonyl (C=O) groups excluding carboxylic acids is 1. The van der Waals surface area contributed by atoms with Crippen LogP contribution in [0.2, 0.25) is 0 Å². The number of benzene rings is 1. The van der Waals surface area contributed by atoms with E-state index in [1.165, 1.54) is 24.5 Å². The van der Waals surface area contributed by atoms with Crippen molar-refractivity contribution in [1.82, 2.24) is 15.3 Å². The van der Waals surface area contributed by atoms with Crippen LogP contribution in [-0.4, -0.2) is 22.4 Å². The SMILES string of the molecule is CCCCNC(=O)c1cnc(Nc2ccc(C(F)(F)F)cc2)nc1. The van der Waals surface area contributed by atoms with Gasteiger partial charge in [-0.25, -0.2) is 9.97 Å². The summed E-state index contributed by atoms with van der Waals surface area (Å²) in [7, 11) is 0. The summed E-state index contributed by atoms with van der Waals surface area (Å²) < 4.78 is 37.5. The molecule has 24 heavy (non-hydrogen) atoms. The molecule has 0 unspecified atom stereocenters. The highest BCUT2D eigenvalue weighted by atomic mass is 19.4. The second kappa shape index (κ2) is 7.76. The lowest BCUT2D eigenvalue weighted by Gasteiger charge is -2.09. The molecule has 0 atom stereocenters. The third-order valence-electron chi connectivity index (χ3n) is 3.20. The normalized spacial score (nSPS) is 11.2. The Kier molecular flexibility index (Phi) is 5.73. The van der Waals surface area contributed by atoms with E-state index in [9.17, 15) is 18.0 Å². The lowest BCUT2D eigenvalue weighted by molar-refractivity contribution is -0.137. The maximum atomic E-state index is 12.5. The molecular weight excluding hydrogens is 321 g/mol. The Balaban J connectivity index is 1.97. The van der Waals surface area contributed by atoms with Crippen LogP contribution in [-0.2, 0) is 6.18 Å². The zero-order valence-electron chi connectivity index (χ0n) is 13.0. The molecule has 0 spiro atoms. The van der Waals surface area contributed by atoms with E-state index in [1.807, 2.05) is 6.92 Å². The van der Waals surface area contributed by atoms with Crippen LogP contribution < -0.4 is 10.6 Å². The minimum absolute atomic E-state index is 0.194. The number of aromatic nitrogens is 2. The Hall–Kier alpha value is -2.64. The number of halogens is 3. The molecule has 5 nitrogen and oxygen atoms in total.